The molecule has 0 aromatic carbocycles. The van der Waals surface area contributed by atoms with Gasteiger partial charge in [0.2, 0.25) is 0 Å². The first kappa shape index (κ1) is 26.9. The zero-order chi connectivity index (χ0) is 17.9. The van der Waals surface area contributed by atoms with Gasteiger partial charge in [-0.3, -0.25) is 0 Å². The van der Waals surface area contributed by atoms with Crippen molar-refractivity contribution in [1.29, 1.82) is 0 Å². The summed E-state index contributed by atoms with van der Waals surface area (Å²) in [5.41, 5.74) is 0. The topological polar surface area (TPSA) is 0 Å². The molecule has 0 heterocycles. The molecular formula is C5H9B3F12K-3. The van der Waals surface area contributed by atoms with Gasteiger partial charge in [0.25, 0.3) is 0 Å². The molecule has 0 N–H and O–H groups in total. The fraction of sp³-hybridized carbons (Fsp3) is 1.00. The molecule has 0 unspecified atom stereocenters. The average molecular weight is 369 g/mol. The van der Waals surface area contributed by atoms with E-state index in [0.29, 0.717) is 0 Å². The molecule has 0 spiro atoms. The van der Waals surface area contributed by atoms with Gasteiger partial charge in [0.05, 0.1) is 0 Å². The third-order valence-electron chi connectivity index (χ3n) is 1.64. The van der Waals surface area contributed by atoms with E-state index >= 15 is 0 Å². The van der Waals surface area contributed by atoms with Crippen LogP contribution in [0.3, 0.4) is 0 Å². The van der Waals surface area contributed by atoms with Crippen LogP contribution in [-0.2, 0) is 0 Å². The summed E-state index contributed by atoms with van der Waals surface area (Å²) >= 11 is 1.14. The minimum atomic E-state index is -6.00. The summed E-state index contributed by atoms with van der Waals surface area (Å²) < 4.78 is 118. The summed E-state index contributed by atoms with van der Waals surface area (Å²) in [6, 6.07) is 0. The predicted molar refractivity (Wildman–Crippen MR) is 58.5 cm³/mol. The Labute approximate surface area is 147 Å². The number of hydrogen-bond acceptors (Lipinski definition) is 0. The van der Waals surface area contributed by atoms with E-state index in [1.54, 1.807) is 12.8 Å². The SMILES string of the molecule is F[B-](F)(F)F.F[B-](F)(F)F.F[B-](F)(F)F.[K][CH]1CCCC1. The third kappa shape index (κ3) is 119. The average Bonchev–Trinajstić information content (AvgIpc) is 2.44. The van der Waals surface area contributed by atoms with Crippen LogP contribution in [0.5, 0.6) is 0 Å². The minimum absolute atomic E-state index is 1.14. The molecule has 21 heavy (non-hydrogen) atoms. The number of hydrogen-bond donors (Lipinski definition) is 0. The van der Waals surface area contributed by atoms with Gasteiger partial charge in [-0.2, -0.15) is 0 Å². The van der Waals surface area contributed by atoms with Crippen molar-refractivity contribution in [2.24, 2.45) is 0 Å². The van der Waals surface area contributed by atoms with E-state index in [1.807, 2.05) is 0 Å². The van der Waals surface area contributed by atoms with Crippen LogP contribution in [0.25, 0.3) is 0 Å². The van der Waals surface area contributed by atoms with Crippen molar-refractivity contribution < 1.29 is 51.8 Å². The molecule has 0 aromatic heterocycles. The molecule has 0 saturated heterocycles. The van der Waals surface area contributed by atoms with E-state index in [1.165, 1.54) is 12.9 Å². The molecule has 1 fully saturated rings. The van der Waals surface area contributed by atoms with Gasteiger partial charge < -0.3 is 51.8 Å². The van der Waals surface area contributed by atoms with Crippen LogP contribution in [0.15, 0.2) is 0 Å². The summed E-state index contributed by atoms with van der Waals surface area (Å²) in [5.74, 6) is 0. The molecule has 1 rings (SSSR count). The molecule has 0 atom stereocenters. The van der Waals surface area contributed by atoms with Crippen molar-refractivity contribution in [3.8, 4) is 0 Å². The van der Waals surface area contributed by atoms with Gasteiger partial charge in [-0.05, 0) is 0 Å². The van der Waals surface area contributed by atoms with Crippen molar-refractivity contribution in [2.45, 2.75) is 25.7 Å². The first-order valence-electron chi connectivity index (χ1n) is 5.51. The quantitative estimate of drug-likeness (QED) is 0.396. The molecule has 0 nitrogen and oxygen atoms in total. The summed E-state index contributed by atoms with van der Waals surface area (Å²) in [4.78, 5) is 0. The van der Waals surface area contributed by atoms with E-state index in [-0.39, 0.29) is 0 Å². The van der Waals surface area contributed by atoms with Crippen LogP contribution in [0.2, 0.25) is 0.0125 Å². The van der Waals surface area contributed by atoms with Gasteiger partial charge in [0.15, 0.2) is 0 Å². The first-order chi connectivity index (χ1) is 8.89. The monoisotopic (exact) mass is 369 g/mol. The normalized spacial score (nSPS) is 15.9. The summed E-state index contributed by atoms with van der Waals surface area (Å²) in [5, 5.41) is 0. The van der Waals surface area contributed by atoms with Crippen LogP contribution in [0.1, 0.15) is 25.7 Å². The Hall–Kier alpha value is 0.991. The first-order valence-corrected chi connectivity index (χ1v) is 7.32. The second kappa shape index (κ2) is 12.4. The van der Waals surface area contributed by atoms with E-state index in [2.05, 4.69) is 0 Å². The Morgan fingerprint density at radius 1 is 0.524 bits per heavy atom. The predicted octanol–water partition coefficient (Wildman–Crippen LogP) is 5.42. The summed E-state index contributed by atoms with van der Waals surface area (Å²) in [6.07, 6.45) is 6.21. The van der Waals surface area contributed by atoms with Crippen molar-refractivity contribution in [3.63, 3.8) is 0 Å². The maximum atomic E-state index is 9.75. The van der Waals surface area contributed by atoms with Crippen LogP contribution in [0.4, 0.5) is 51.8 Å². The summed E-state index contributed by atoms with van der Waals surface area (Å²) in [7, 11) is -18.0. The molecule has 1 aliphatic carbocycles. The van der Waals surface area contributed by atoms with Gasteiger partial charge >= 0.3 is 96.4 Å². The van der Waals surface area contributed by atoms with Gasteiger partial charge in [-0.1, -0.05) is 0 Å². The molecule has 1 saturated carbocycles. The van der Waals surface area contributed by atoms with Crippen molar-refractivity contribution in [1.82, 2.24) is 0 Å². The van der Waals surface area contributed by atoms with Crippen LogP contribution in [0, 0.1) is 0 Å². The molecule has 0 aromatic rings. The van der Waals surface area contributed by atoms with Crippen molar-refractivity contribution in [2.75, 3.05) is 0 Å². The molecule has 0 amide bonds. The fourth-order valence-corrected chi connectivity index (χ4v) is 2.40. The molecule has 0 bridgehead atoms. The zero-order valence-electron chi connectivity index (χ0n) is 10.7. The van der Waals surface area contributed by atoms with Crippen LogP contribution >= 0.6 is 0 Å². The van der Waals surface area contributed by atoms with Crippen LogP contribution < -0.4 is 0 Å². The molecule has 16 heteroatoms. The Morgan fingerprint density at radius 3 is 0.714 bits per heavy atom. The van der Waals surface area contributed by atoms with Gasteiger partial charge in [-0.15, -0.1) is 0 Å². The van der Waals surface area contributed by atoms with Crippen molar-refractivity contribution >= 4 is 70.7 Å². The van der Waals surface area contributed by atoms with E-state index in [9.17, 15) is 51.8 Å². The van der Waals surface area contributed by atoms with Crippen molar-refractivity contribution in [3.05, 3.63) is 0 Å². The Balaban J connectivity index is -0.000000207. The zero-order valence-corrected chi connectivity index (χ0v) is 13.8. The van der Waals surface area contributed by atoms with Gasteiger partial charge in [-0.25, -0.2) is 0 Å². The molecule has 126 valence electrons. The third-order valence-corrected chi connectivity index (χ3v) is 3.45. The van der Waals surface area contributed by atoms with Crippen LogP contribution in [-0.4, -0.2) is 70.7 Å². The second-order valence-electron chi connectivity index (χ2n) is 3.87. The molecule has 1 aliphatic rings. The molecule has 0 radical (unpaired) electrons. The maximum absolute atomic E-state index is 9.75. The Morgan fingerprint density at radius 2 is 0.667 bits per heavy atom. The number of halogens is 12. The van der Waals surface area contributed by atoms with E-state index in [0.717, 1.165) is 49.0 Å². The fourth-order valence-electron chi connectivity index (χ4n) is 1.13. The number of rotatable bonds is 0. The molecular weight excluding hydrogens is 360 g/mol. The van der Waals surface area contributed by atoms with E-state index in [4.69, 9.17) is 0 Å². The molecule has 0 aliphatic heterocycles. The second-order valence-corrected chi connectivity index (χ2v) is 6.42. The summed E-state index contributed by atoms with van der Waals surface area (Å²) in [6.45, 7) is 0. The van der Waals surface area contributed by atoms with Gasteiger partial charge in [0.1, 0.15) is 0 Å². The van der Waals surface area contributed by atoms with E-state index < -0.39 is 21.8 Å². The Bertz CT molecular complexity index is 184. The standard InChI is InChI=1S/C5H9.3BF4.K/c1-2-4-5-3-1;3*2-1(3,4)5;/h1H,2-5H2;;;;/q;3*-1;. The van der Waals surface area contributed by atoms with Gasteiger partial charge in [0, 0.05) is 0 Å². The Kier molecular flexibility index (Phi) is 15.9.